The van der Waals surface area contributed by atoms with E-state index in [1.54, 1.807) is 24.3 Å². The van der Waals surface area contributed by atoms with Crippen LogP contribution in [0, 0.1) is 0 Å². The third-order valence-corrected chi connectivity index (χ3v) is 6.07. The van der Waals surface area contributed by atoms with Crippen molar-refractivity contribution in [2.75, 3.05) is 17.3 Å². The molecule has 0 spiro atoms. The minimum atomic E-state index is -3.20. The van der Waals surface area contributed by atoms with Crippen LogP contribution in [0.15, 0.2) is 65.6 Å². The third-order valence-electron chi connectivity index (χ3n) is 3.14. The molecule has 0 radical (unpaired) electrons. The second-order valence-electron chi connectivity index (χ2n) is 4.85. The van der Waals surface area contributed by atoms with Crippen LogP contribution in [0.4, 0.5) is 0 Å². The molecule has 0 aliphatic heterocycles. The number of hydrogen-bond acceptors (Lipinski definition) is 4. The van der Waals surface area contributed by atoms with Crippen molar-refractivity contribution in [1.29, 1.82) is 0 Å². The Labute approximate surface area is 135 Å². The highest BCUT2D eigenvalue weighted by Crippen LogP contribution is 2.17. The maximum atomic E-state index is 12.0. The summed E-state index contributed by atoms with van der Waals surface area (Å²) < 4.78 is 24.0. The van der Waals surface area contributed by atoms with Gasteiger partial charge in [0.15, 0.2) is 15.6 Å². The minimum absolute atomic E-state index is 0.0440. The molecule has 0 aliphatic carbocycles. The van der Waals surface area contributed by atoms with Gasteiger partial charge in [-0.15, -0.1) is 11.8 Å². The molecule has 0 heterocycles. The summed E-state index contributed by atoms with van der Waals surface area (Å²) in [4.78, 5) is 13.0. The van der Waals surface area contributed by atoms with Crippen molar-refractivity contribution in [3.63, 3.8) is 0 Å². The monoisotopic (exact) mass is 334 g/mol. The van der Waals surface area contributed by atoms with Crippen LogP contribution in [0.3, 0.4) is 0 Å². The van der Waals surface area contributed by atoms with E-state index in [0.717, 1.165) is 4.90 Å². The fraction of sp³-hybridized carbons (Fsp3) is 0.235. The zero-order chi connectivity index (χ0) is 15.8. The van der Waals surface area contributed by atoms with Crippen LogP contribution >= 0.6 is 11.8 Å². The van der Waals surface area contributed by atoms with Crippen molar-refractivity contribution in [3.8, 4) is 0 Å². The van der Waals surface area contributed by atoms with Crippen molar-refractivity contribution < 1.29 is 13.2 Å². The van der Waals surface area contributed by atoms with Gasteiger partial charge in [-0.1, -0.05) is 48.5 Å². The molecular weight excluding hydrogens is 316 g/mol. The Morgan fingerprint density at radius 2 is 1.45 bits per heavy atom. The summed E-state index contributed by atoms with van der Waals surface area (Å²) in [6.45, 7) is 0. The topological polar surface area (TPSA) is 51.2 Å². The molecule has 0 atom stereocenters. The van der Waals surface area contributed by atoms with Gasteiger partial charge >= 0.3 is 0 Å². The number of hydrogen-bond donors (Lipinski definition) is 0. The Morgan fingerprint density at radius 1 is 0.864 bits per heavy atom. The first kappa shape index (κ1) is 16.8. The van der Waals surface area contributed by atoms with Crippen LogP contribution in [0.25, 0.3) is 0 Å². The highest BCUT2D eigenvalue weighted by atomic mass is 32.2. The molecule has 2 rings (SSSR count). The zero-order valence-corrected chi connectivity index (χ0v) is 13.8. The zero-order valence-electron chi connectivity index (χ0n) is 12.1. The van der Waals surface area contributed by atoms with Gasteiger partial charge in [0.25, 0.3) is 0 Å². The molecule has 2 aromatic rings. The fourth-order valence-corrected chi connectivity index (χ4v) is 4.56. The Bertz CT molecular complexity index is 695. The van der Waals surface area contributed by atoms with E-state index in [4.69, 9.17) is 0 Å². The predicted molar refractivity (Wildman–Crippen MR) is 91.2 cm³/mol. The summed E-state index contributed by atoms with van der Waals surface area (Å²) in [6, 6.07) is 18.5. The Hall–Kier alpha value is -1.59. The molecule has 0 fully saturated rings. The average molecular weight is 334 g/mol. The number of sulfone groups is 1. The number of ketones is 1. The normalized spacial score (nSPS) is 11.3. The van der Waals surface area contributed by atoms with Crippen molar-refractivity contribution in [1.82, 2.24) is 0 Å². The smallest absolute Gasteiger partial charge is 0.163 e. The van der Waals surface area contributed by atoms with E-state index in [1.165, 1.54) is 11.8 Å². The van der Waals surface area contributed by atoms with Crippen LogP contribution in [0.1, 0.15) is 16.8 Å². The molecule has 0 amide bonds. The van der Waals surface area contributed by atoms with Gasteiger partial charge in [-0.25, -0.2) is 8.42 Å². The molecule has 116 valence electrons. The molecule has 3 nitrogen and oxygen atoms in total. The molecule has 0 unspecified atom stereocenters. The first-order valence-corrected chi connectivity index (χ1v) is 9.84. The van der Waals surface area contributed by atoms with Gasteiger partial charge < -0.3 is 0 Å². The molecule has 22 heavy (non-hydrogen) atoms. The largest absolute Gasteiger partial charge is 0.294 e. The van der Waals surface area contributed by atoms with E-state index < -0.39 is 9.84 Å². The molecule has 0 bridgehead atoms. The maximum absolute atomic E-state index is 12.0. The second-order valence-corrected chi connectivity index (χ2v) is 8.32. The minimum Gasteiger partial charge on any atom is -0.294 e. The molecule has 0 saturated heterocycles. The lowest BCUT2D eigenvalue weighted by Gasteiger charge is -2.04. The Balaban J connectivity index is 1.78. The molecular formula is C17H18O3S2. The van der Waals surface area contributed by atoms with E-state index >= 15 is 0 Å². The van der Waals surface area contributed by atoms with Gasteiger partial charge in [-0.3, -0.25) is 4.79 Å². The summed E-state index contributed by atoms with van der Waals surface area (Å²) in [5, 5.41) is 0. The van der Waals surface area contributed by atoms with Crippen LogP contribution in [-0.4, -0.2) is 31.5 Å². The lowest BCUT2D eigenvalue weighted by atomic mass is 10.1. The van der Waals surface area contributed by atoms with E-state index in [9.17, 15) is 13.2 Å². The van der Waals surface area contributed by atoms with Gasteiger partial charge in [0.1, 0.15) is 0 Å². The molecule has 0 aromatic heterocycles. The maximum Gasteiger partial charge on any atom is 0.163 e. The van der Waals surface area contributed by atoms with Crippen LogP contribution in [0.2, 0.25) is 0 Å². The highest BCUT2D eigenvalue weighted by molar-refractivity contribution is 8.00. The number of thioether (sulfide) groups is 1. The van der Waals surface area contributed by atoms with Gasteiger partial charge in [0, 0.05) is 22.6 Å². The van der Waals surface area contributed by atoms with Crippen LogP contribution in [-0.2, 0) is 9.84 Å². The van der Waals surface area contributed by atoms with Crippen molar-refractivity contribution in [2.24, 2.45) is 0 Å². The van der Waals surface area contributed by atoms with Crippen molar-refractivity contribution in [3.05, 3.63) is 66.2 Å². The van der Waals surface area contributed by atoms with Gasteiger partial charge in [-0.05, 0) is 12.1 Å². The predicted octanol–water partition coefficient (Wildman–Crippen LogP) is 3.47. The van der Waals surface area contributed by atoms with Gasteiger partial charge in [0.2, 0.25) is 0 Å². The lowest BCUT2D eigenvalue weighted by molar-refractivity contribution is 0.0989. The van der Waals surface area contributed by atoms with E-state index in [0.29, 0.717) is 11.3 Å². The summed E-state index contributed by atoms with van der Waals surface area (Å²) in [6.07, 6.45) is 0.0440. The fourth-order valence-electron chi connectivity index (χ4n) is 1.92. The first-order valence-electron chi connectivity index (χ1n) is 7.03. The third kappa shape index (κ3) is 5.66. The van der Waals surface area contributed by atoms with Crippen molar-refractivity contribution >= 4 is 27.4 Å². The molecule has 0 saturated carbocycles. The standard InChI is InChI=1S/C17H18O3S2/c18-17(15-7-3-1-4-8-15)11-13-22(19,20)14-12-21-16-9-5-2-6-10-16/h1-10H,11-14H2. The summed E-state index contributed by atoms with van der Waals surface area (Å²) >= 11 is 1.51. The second kappa shape index (κ2) is 8.15. The Kier molecular flexibility index (Phi) is 6.21. The van der Waals surface area contributed by atoms with E-state index in [2.05, 4.69) is 0 Å². The summed E-state index contributed by atoms with van der Waals surface area (Å²) in [5.41, 5.74) is 0.566. The highest BCUT2D eigenvalue weighted by Gasteiger charge is 2.14. The number of Topliss-reactive ketones (excluding diaryl/α,β-unsaturated/α-hetero) is 1. The van der Waals surface area contributed by atoms with Gasteiger partial charge in [-0.2, -0.15) is 0 Å². The quantitative estimate of drug-likeness (QED) is 0.548. The molecule has 0 aliphatic rings. The first-order chi connectivity index (χ1) is 10.6. The SMILES string of the molecule is O=C(CCS(=O)(=O)CCSc1ccccc1)c1ccccc1. The van der Waals surface area contributed by atoms with Crippen molar-refractivity contribution in [2.45, 2.75) is 11.3 Å². The lowest BCUT2D eigenvalue weighted by Crippen LogP contribution is -2.16. The molecule has 0 N–H and O–H groups in total. The number of benzene rings is 2. The summed E-state index contributed by atoms with van der Waals surface area (Å²) in [5.74, 6) is 0.385. The van der Waals surface area contributed by atoms with E-state index in [-0.39, 0.29) is 23.7 Å². The summed E-state index contributed by atoms with van der Waals surface area (Å²) in [7, 11) is -3.20. The van der Waals surface area contributed by atoms with Gasteiger partial charge in [0.05, 0.1) is 11.5 Å². The van der Waals surface area contributed by atoms with Crippen LogP contribution < -0.4 is 0 Å². The number of rotatable bonds is 8. The average Bonchev–Trinajstić information content (AvgIpc) is 2.54. The molecule has 5 heteroatoms. The number of carbonyl (C=O) groups excluding carboxylic acids is 1. The Morgan fingerprint density at radius 3 is 2.09 bits per heavy atom. The van der Waals surface area contributed by atoms with E-state index in [1.807, 2.05) is 36.4 Å². The number of carbonyl (C=O) groups is 1. The molecule has 2 aromatic carbocycles. The van der Waals surface area contributed by atoms with Crippen LogP contribution in [0.5, 0.6) is 0 Å².